The summed E-state index contributed by atoms with van der Waals surface area (Å²) < 4.78 is 1.04. The van der Waals surface area contributed by atoms with Crippen molar-refractivity contribution < 1.29 is 5.11 Å². The zero-order valence-electron chi connectivity index (χ0n) is 16.4. The lowest BCUT2D eigenvalue weighted by Gasteiger charge is -2.32. The fourth-order valence-electron chi connectivity index (χ4n) is 3.54. The summed E-state index contributed by atoms with van der Waals surface area (Å²) in [4.78, 5) is 6.09. The molecule has 1 aromatic heterocycles. The first-order valence-electron chi connectivity index (χ1n) is 9.93. The van der Waals surface area contributed by atoms with Crippen molar-refractivity contribution in [2.45, 2.75) is 45.6 Å². The van der Waals surface area contributed by atoms with Gasteiger partial charge in [-0.2, -0.15) is 0 Å². The van der Waals surface area contributed by atoms with Crippen molar-refractivity contribution in [2.24, 2.45) is 0 Å². The van der Waals surface area contributed by atoms with E-state index in [0.29, 0.717) is 5.75 Å². The fourth-order valence-corrected chi connectivity index (χ4v) is 6.54. The number of rotatable bonds is 8. The smallest absolute Gasteiger partial charge is 0.120 e. The van der Waals surface area contributed by atoms with E-state index in [4.69, 9.17) is 12.2 Å². The van der Waals surface area contributed by atoms with Crippen LogP contribution in [0.5, 0.6) is 5.75 Å². The minimum Gasteiger partial charge on any atom is -0.508 e. The summed E-state index contributed by atoms with van der Waals surface area (Å²) in [6.07, 6.45) is 6.11. The minimum atomic E-state index is 0.404. The first-order valence-corrected chi connectivity index (χ1v) is 12.5. The van der Waals surface area contributed by atoms with Gasteiger partial charge in [0.2, 0.25) is 0 Å². The standard InChI is InChI=1S/C21H30N2OS3/c1-3-4-5-6-7-18-20(26-27-21(18)25)16-8-9-19(24)17(14-16)15-23-12-10-22(2)11-13-23/h8-9,14,24H,3-7,10-13,15H2,1-2H3. The molecule has 1 fully saturated rings. The number of unbranched alkanes of at least 4 members (excludes halogenated alkanes) is 3. The van der Waals surface area contributed by atoms with Crippen LogP contribution in [0.4, 0.5) is 0 Å². The SMILES string of the molecule is CCCCCCc1c(-c2ccc(O)c(CN3CCN(C)CC3)c2)ssc1=S. The van der Waals surface area contributed by atoms with Gasteiger partial charge in [0.15, 0.2) is 0 Å². The van der Waals surface area contributed by atoms with Gasteiger partial charge in [-0.05, 0) is 49.2 Å². The van der Waals surface area contributed by atoms with Crippen LogP contribution in [0.15, 0.2) is 18.2 Å². The third kappa shape index (κ3) is 5.61. The summed E-state index contributed by atoms with van der Waals surface area (Å²) >= 11 is 5.62. The molecule has 1 aliphatic rings. The van der Waals surface area contributed by atoms with Gasteiger partial charge >= 0.3 is 0 Å². The highest BCUT2D eigenvalue weighted by molar-refractivity contribution is 7.80. The first kappa shape index (κ1) is 20.9. The van der Waals surface area contributed by atoms with E-state index < -0.39 is 0 Å². The lowest BCUT2D eigenvalue weighted by molar-refractivity contribution is 0.147. The Kier molecular flexibility index (Phi) is 7.85. The Hall–Kier alpha value is -0.790. The molecule has 1 aromatic carbocycles. The monoisotopic (exact) mass is 422 g/mol. The Morgan fingerprint density at radius 3 is 2.59 bits per heavy atom. The summed E-state index contributed by atoms with van der Waals surface area (Å²) in [7, 11) is 5.67. The maximum absolute atomic E-state index is 10.4. The van der Waals surface area contributed by atoms with Crippen molar-refractivity contribution in [1.82, 2.24) is 9.80 Å². The third-order valence-electron chi connectivity index (χ3n) is 5.33. The molecule has 148 valence electrons. The quantitative estimate of drug-likeness (QED) is 0.331. The summed E-state index contributed by atoms with van der Waals surface area (Å²) in [5.74, 6) is 0.404. The maximum Gasteiger partial charge on any atom is 0.120 e. The zero-order chi connectivity index (χ0) is 19.2. The van der Waals surface area contributed by atoms with Crippen LogP contribution in [0.25, 0.3) is 10.4 Å². The second-order valence-corrected chi connectivity index (χ2v) is 10.3. The molecule has 3 nitrogen and oxygen atoms in total. The molecule has 0 aliphatic carbocycles. The van der Waals surface area contributed by atoms with Crippen LogP contribution >= 0.6 is 32.9 Å². The molecule has 6 heteroatoms. The van der Waals surface area contributed by atoms with Gasteiger partial charge < -0.3 is 10.0 Å². The Labute approximate surface area is 175 Å². The van der Waals surface area contributed by atoms with Crippen LogP contribution in [0.2, 0.25) is 0 Å². The fraction of sp³-hybridized carbons (Fsp3) is 0.571. The van der Waals surface area contributed by atoms with Crippen molar-refractivity contribution >= 4 is 32.9 Å². The molecule has 0 spiro atoms. The van der Waals surface area contributed by atoms with Gasteiger partial charge in [-0.15, -0.1) is 0 Å². The molecule has 0 unspecified atom stereocenters. The van der Waals surface area contributed by atoms with E-state index in [2.05, 4.69) is 29.8 Å². The van der Waals surface area contributed by atoms with E-state index in [0.717, 1.165) is 48.5 Å². The molecule has 0 radical (unpaired) electrons. The Bertz CT molecular complexity index is 791. The summed E-state index contributed by atoms with van der Waals surface area (Å²) in [6, 6.07) is 6.08. The summed E-state index contributed by atoms with van der Waals surface area (Å²) in [6.45, 7) is 7.35. The predicted molar refractivity (Wildman–Crippen MR) is 121 cm³/mol. The molecule has 27 heavy (non-hydrogen) atoms. The maximum atomic E-state index is 10.4. The molecular formula is C21H30N2OS3. The molecule has 0 saturated carbocycles. The topological polar surface area (TPSA) is 26.7 Å². The number of aromatic hydroxyl groups is 1. The number of hydrogen-bond acceptors (Lipinski definition) is 6. The molecule has 3 rings (SSSR count). The number of piperazine rings is 1. The predicted octanol–water partition coefficient (Wildman–Crippen LogP) is 5.78. The van der Waals surface area contributed by atoms with Gasteiger partial charge in [0.1, 0.15) is 9.57 Å². The van der Waals surface area contributed by atoms with E-state index in [1.807, 2.05) is 12.1 Å². The number of phenols is 1. The van der Waals surface area contributed by atoms with Crippen LogP contribution in [-0.4, -0.2) is 48.1 Å². The number of phenolic OH excluding ortho intramolecular Hbond substituents is 1. The average molecular weight is 423 g/mol. The van der Waals surface area contributed by atoms with Crippen LogP contribution in [0.1, 0.15) is 43.7 Å². The molecule has 1 aliphatic heterocycles. The van der Waals surface area contributed by atoms with Crippen molar-refractivity contribution in [3.63, 3.8) is 0 Å². The van der Waals surface area contributed by atoms with Crippen LogP contribution in [0, 0.1) is 3.82 Å². The molecule has 0 amide bonds. The second kappa shape index (κ2) is 10.1. The first-order chi connectivity index (χ1) is 13.1. The molecule has 0 bridgehead atoms. The van der Waals surface area contributed by atoms with E-state index >= 15 is 0 Å². The molecule has 0 atom stereocenters. The van der Waals surface area contributed by atoms with Gasteiger partial charge in [-0.3, -0.25) is 4.90 Å². The summed E-state index contributed by atoms with van der Waals surface area (Å²) in [5, 5.41) is 10.4. The molecular weight excluding hydrogens is 392 g/mol. The van der Waals surface area contributed by atoms with Gasteiger partial charge in [0.05, 0.1) is 4.88 Å². The molecule has 2 heterocycles. The van der Waals surface area contributed by atoms with Crippen molar-refractivity contribution in [3.8, 4) is 16.2 Å². The van der Waals surface area contributed by atoms with Gasteiger partial charge in [0.25, 0.3) is 0 Å². The van der Waals surface area contributed by atoms with E-state index in [9.17, 15) is 5.11 Å². The zero-order valence-corrected chi connectivity index (χ0v) is 18.8. The lowest BCUT2D eigenvalue weighted by Crippen LogP contribution is -2.43. The largest absolute Gasteiger partial charge is 0.508 e. The van der Waals surface area contributed by atoms with Crippen molar-refractivity contribution in [1.29, 1.82) is 0 Å². The minimum absolute atomic E-state index is 0.404. The third-order valence-corrected chi connectivity index (χ3v) is 8.53. The van der Waals surface area contributed by atoms with Gasteiger partial charge in [-0.1, -0.05) is 59.1 Å². The average Bonchev–Trinajstić information content (AvgIpc) is 3.03. The Morgan fingerprint density at radius 2 is 1.85 bits per heavy atom. The van der Waals surface area contributed by atoms with Crippen LogP contribution in [-0.2, 0) is 13.0 Å². The molecule has 1 N–H and O–H groups in total. The molecule has 2 aromatic rings. The number of benzene rings is 1. The van der Waals surface area contributed by atoms with Crippen LogP contribution < -0.4 is 0 Å². The number of likely N-dealkylation sites (N-methyl/N-ethyl adjacent to an activating group) is 1. The summed E-state index contributed by atoms with van der Waals surface area (Å²) in [5.41, 5.74) is 3.57. The number of nitrogens with zero attached hydrogens (tertiary/aromatic N) is 2. The normalized spacial score (nSPS) is 16.1. The highest BCUT2D eigenvalue weighted by Crippen LogP contribution is 2.37. The van der Waals surface area contributed by atoms with Crippen molar-refractivity contribution in [2.75, 3.05) is 33.2 Å². The second-order valence-electron chi connectivity index (χ2n) is 7.50. The van der Waals surface area contributed by atoms with Crippen molar-refractivity contribution in [3.05, 3.63) is 33.1 Å². The lowest BCUT2D eigenvalue weighted by atomic mass is 10.0. The van der Waals surface area contributed by atoms with E-state index in [1.165, 1.54) is 41.7 Å². The molecule has 1 saturated heterocycles. The van der Waals surface area contributed by atoms with Gasteiger partial charge in [-0.25, -0.2) is 0 Å². The van der Waals surface area contributed by atoms with Gasteiger partial charge in [0, 0.05) is 38.3 Å². The highest BCUT2D eigenvalue weighted by atomic mass is 32.9. The highest BCUT2D eigenvalue weighted by Gasteiger charge is 2.17. The van der Waals surface area contributed by atoms with Crippen LogP contribution in [0.3, 0.4) is 0 Å². The van der Waals surface area contributed by atoms with E-state index in [1.54, 1.807) is 20.7 Å². The van der Waals surface area contributed by atoms with E-state index in [-0.39, 0.29) is 0 Å². The number of hydrogen-bond donors (Lipinski definition) is 1. The Morgan fingerprint density at radius 1 is 1.07 bits per heavy atom. The Balaban J connectivity index is 1.76.